The van der Waals surface area contributed by atoms with Gasteiger partial charge in [0, 0.05) is 11.8 Å². The second-order valence-electron chi connectivity index (χ2n) is 2.75. The van der Waals surface area contributed by atoms with E-state index in [0.29, 0.717) is 5.82 Å². The largest absolute Gasteiger partial charge is 0.383 e. The molecular formula is C9H13N3. The minimum Gasteiger partial charge on any atom is -0.383 e. The van der Waals surface area contributed by atoms with Crippen LogP contribution in [0.2, 0.25) is 0 Å². The molecule has 1 heterocycles. The standard InChI is InChI=1S/C9H13N3/c1-3-8(10)7-4-6(2)5-12-9(7)11/h3-5,8H,1,10H2,2H3,(H2,11,12)/t8-/m1/s1. The summed E-state index contributed by atoms with van der Waals surface area (Å²) in [5.41, 5.74) is 13.2. The molecule has 0 amide bonds. The highest BCUT2D eigenvalue weighted by Gasteiger charge is 2.06. The molecule has 0 aromatic carbocycles. The molecule has 1 rings (SSSR count). The predicted octanol–water partition coefficient (Wildman–Crippen LogP) is 1.16. The van der Waals surface area contributed by atoms with E-state index in [2.05, 4.69) is 11.6 Å². The number of nitrogens with zero attached hydrogens (tertiary/aromatic N) is 1. The van der Waals surface area contributed by atoms with Crippen molar-refractivity contribution in [2.75, 3.05) is 5.73 Å². The molecule has 3 nitrogen and oxygen atoms in total. The van der Waals surface area contributed by atoms with Gasteiger partial charge in [0.15, 0.2) is 0 Å². The second kappa shape index (κ2) is 3.36. The number of pyridine rings is 1. The summed E-state index contributed by atoms with van der Waals surface area (Å²) in [7, 11) is 0. The molecule has 1 aromatic rings. The van der Waals surface area contributed by atoms with E-state index in [1.807, 2.05) is 13.0 Å². The molecule has 12 heavy (non-hydrogen) atoms. The molecule has 4 N–H and O–H groups in total. The summed E-state index contributed by atoms with van der Waals surface area (Å²) in [6, 6.07) is 1.70. The third-order valence-corrected chi connectivity index (χ3v) is 1.70. The maximum Gasteiger partial charge on any atom is 0.128 e. The van der Waals surface area contributed by atoms with Crippen LogP contribution in [-0.4, -0.2) is 4.98 Å². The Balaban J connectivity index is 3.12. The maximum absolute atomic E-state index is 5.73. The van der Waals surface area contributed by atoms with Gasteiger partial charge in [0.25, 0.3) is 0 Å². The fraction of sp³-hybridized carbons (Fsp3) is 0.222. The molecule has 64 valence electrons. The average molecular weight is 163 g/mol. The summed E-state index contributed by atoms with van der Waals surface area (Å²) in [6.45, 7) is 5.55. The molecule has 1 atom stereocenters. The van der Waals surface area contributed by atoms with Crippen LogP contribution >= 0.6 is 0 Å². The zero-order valence-electron chi connectivity index (χ0n) is 7.12. The fourth-order valence-electron chi connectivity index (χ4n) is 0.996. The molecule has 1 aromatic heterocycles. The SMILES string of the molecule is C=C[C@@H](N)c1cc(C)cnc1N. The van der Waals surface area contributed by atoms with Gasteiger partial charge in [-0.25, -0.2) is 4.98 Å². The number of hydrogen-bond acceptors (Lipinski definition) is 3. The molecule has 0 unspecified atom stereocenters. The molecule has 0 aliphatic carbocycles. The lowest BCUT2D eigenvalue weighted by atomic mass is 10.1. The smallest absolute Gasteiger partial charge is 0.128 e. The van der Waals surface area contributed by atoms with Gasteiger partial charge in [0.05, 0.1) is 6.04 Å². The Bertz CT molecular complexity index is 294. The molecule has 0 aliphatic heterocycles. The Morgan fingerprint density at radius 1 is 1.67 bits per heavy atom. The molecule has 0 saturated heterocycles. The quantitative estimate of drug-likeness (QED) is 0.643. The number of aryl methyl sites for hydroxylation is 1. The highest BCUT2D eigenvalue weighted by Crippen LogP contribution is 2.17. The average Bonchev–Trinajstić information content (AvgIpc) is 2.08. The van der Waals surface area contributed by atoms with Crippen molar-refractivity contribution in [3.8, 4) is 0 Å². The van der Waals surface area contributed by atoms with Crippen LogP contribution in [0.15, 0.2) is 24.9 Å². The summed E-state index contributed by atoms with van der Waals surface area (Å²) in [4.78, 5) is 4.00. The summed E-state index contributed by atoms with van der Waals surface area (Å²) < 4.78 is 0. The molecule has 0 fully saturated rings. The van der Waals surface area contributed by atoms with Gasteiger partial charge in [-0.3, -0.25) is 0 Å². The zero-order valence-corrected chi connectivity index (χ0v) is 7.12. The van der Waals surface area contributed by atoms with Crippen LogP contribution in [0, 0.1) is 6.92 Å². The molecule has 3 heteroatoms. The summed E-state index contributed by atoms with van der Waals surface area (Å²) in [5.74, 6) is 0.480. The van der Waals surface area contributed by atoms with E-state index in [0.717, 1.165) is 11.1 Å². The molecule has 0 spiro atoms. The summed E-state index contributed by atoms with van der Waals surface area (Å²) in [5, 5.41) is 0. The number of nitrogen functional groups attached to an aromatic ring is 1. The zero-order chi connectivity index (χ0) is 9.14. The van der Waals surface area contributed by atoms with Gasteiger partial charge in [0.1, 0.15) is 5.82 Å². The lowest BCUT2D eigenvalue weighted by Crippen LogP contribution is -2.10. The Labute approximate surface area is 72.1 Å². The Morgan fingerprint density at radius 3 is 2.92 bits per heavy atom. The van der Waals surface area contributed by atoms with Crippen molar-refractivity contribution in [2.45, 2.75) is 13.0 Å². The third kappa shape index (κ3) is 1.62. The highest BCUT2D eigenvalue weighted by molar-refractivity contribution is 5.44. The van der Waals surface area contributed by atoms with E-state index in [4.69, 9.17) is 11.5 Å². The third-order valence-electron chi connectivity index (χ3n) is 1.70. The van der Waals surface area contributed by atoms with Gasteiger partial charge in [-0.2, -0.15) is 0 Å². The van der Waals surface area contributed by atoms with E-state index in [9.17, 15) is 0 Å². The minimum atomic E-state index is -0.225. The van der Waals surface area contributed by atoms with Crippen molar-refractivity contribution in [3.05, 3.63) is 36.0 Å². The van der Waals surface area contributed by atoms with Crippen molar-refractivity contribution in [1.82, 2.24) is 4.98 Å². The van der Waals surface area contributed by atoms with Crippen molar-refractivity contribution in [2.24, 2.45) is 5.73 Å². The first-order chi connectivity index (χ1) is 5.65. The lowest BCUT2D eigenvalue weighted by molar-refractivity contribution is 0.906. The summed E-state index contributed by atoms with van der Waals surface area (Å²) in [6.07, 6.45) is 3.36. The number of hydrogen-bond donors (Lipinski definition) is 2. The van der Waals surface area contributed by atoms with Crippen LogP contribution in [-0.2, 0) is 0 Å². The minimum absolute atomic E-state index is 0.225. The number of anilines is 1. The van der Waals surface area contributed by atoms with Crippen LogP contribution in [0.25, 0.3) is 0 Å². The van der Waals surface area contributed by atoms with E-state index < -0.39 is 0 Å². The lowest BCUT2D eigenvalue weighted by Gasteiger charge is -2.09. The van der Waals surface area contributed by atoms with Crippen molar-refractivity contribution in [1.29, 1.82) is 0 Å². The topological polar surface area (TPSA) is 64.9 Å². The number of nitrogens with two attached hydrogens (primary N) is 2. The second-order valence-corrected chi connectivity index (χ2v) is 2.75. The van der Waals surface area contributed by atoms with Gasteiger partial charge in [-0.1, -0.05) is 6.08 Å². The monoisotopic (exact) mass is 163 g/mol. The highest BCUT2D eigenvalue weighted by atomic mass is 14.8. The van der Waals surface area contributed by atoms with Crippen LogP contribution < -0.4 is 11.5 Å². The van der Waals surface area contributed by atoms with Gasteiger partial charge >= 0.3 is 0 Å². The van der Waals surface area contributed by atoms with Crippen LogP contribution in [0.4, 0.5) is 5.82 Å². The Morgan fingerprint density at radius 2 is 2.33 bits per heavy atom. The molecule has 0 radical (unpaired) electrons. The molecule has 0 saturated carbocycles. The Kier molecular flexibility index (Phi) is 2.45. The van der Waals surface area contributed by atoms with Crippen molar-refractivity contribution in [3.63, 3.8) is 0 Å². The Hall–Kier alpha value is -1.35. The van der Waals surface area contributed by atoms with Gasteiger partial charge in [-0.15, -0.1) is 6.58 Å². The molecule has 0 bridgehead atoms. The van der Waals surface area contributed by atoms with Crippen molar-refractivity contribution < 1.29 is 0 Å². The van der Waals surface area contributed by atoms with Gasteiger partial charge in [0.2, 0.25) is 0 Å². The van der Waals surface area contributed by atoms with E-state index in [-0.39, 0.29) is 6.04 Å². The van der Waals surface area contributed by atoms with Crippen LogP contribution in [0.3, 0.4) is 0 Å². The number of aromatic nitrogens is 1. The van der Waals surface area contributed by atoms with Crippen molar-refractivity contribution >= 4 is 5.82 Å². The first-order valence-electron chi connectivity index (χ1n) is 3.75. The fourth-order valence-corrected chi connectivity index (χ4v) is 0.996. The molecular weight excluding hydrogens is 150 g/mol. The summed E-state index contributed by atoms with van der Waals surface area (Å²) >= 11 is 0. The van der Waals surface area contributed by atoms with Gasteiger partial charge in [-0.05, 0) is 18.6 Å². The molecule has 0 aliphatic rings. The van der Waals surface area contributed by atoms with E-state index in [1.54, 1.807) is 12.3 Å². The normalized spacial score (nSPS) is 12.5. The van der Waals surface area contributed by atoms with Gasteiger partial charge < -0.3 is 11.5 Å². The van der Waals surface area contributed by atoms with Crippen LogP contribution in [0.1, 0.15) is 17.2 Å². The predicted molar refractivity (Wildman–Crippen MR) is 50.5 cm³/mol. The maximum atomic E-state index is 5.73. The van der Waals surface area contributed by atoms with E-state index >= 15 is 0 Å². The first kappa shape index (κ1) is 8.74. The number of rotatable bonds is 2. The van der Waals surface area contributed by atoms with E-state index in [1.165, 1.54) is 0 Å². The van der Waals surface area contributed by atoms with Crippen LogP contribution in [0.5, 0.6) is 0 Å². The first-order valence-corrected chi connectivity index (χ1v) is 3.75.